The van der Waals surface area contributed by atoms with Crippen molar-refractivity contribution in [2.75, 3.05) is 13.2 Å². The van der Waals surface area contributed by atoms with Gasteiger partial charge in [0, 0.05) is 10.8 Å². The van der Waals surface area contributed by atoms with E-state index in [0.717, 1.165) is 63.2 Å². The summed E-state index contributed by atoms with van der Waals surface area (Å²) in [4.78, 5) is 25.9. The van der Waals surface area contributed by atoms with E-state index in [0.29, 0.717) is 33.5 Å². The SMILES string of the molecule is C=CC1(COC(=O)CC(=O)OCC2(C=C)CCC3C(=CCC4C(C)(C)CCCC34C)C2)CCC2C(=CCC3C(C)(C)CCCC23C)C1. The third kappa shape index (κ3) is 6.16. The topological polar surface area (TPSA) is 52.6 Å². The third-order valence-electron chi connectivity index (χ3n) is 15.4. The average Bonchev–Trinajstić information content (AvgIpc) is 3.01. The minimum atomic E-state index is -0.498. The van der Waals surface area contributed by atoms with Crippen molar-refractivity contribution in [2.45, 2.75) is 138 Å². The average molecular weight is 645 g/mol. The zero-order chi connectivity index (χ0) is 33.9. The molecule has 260 valence electrons. The first-order chi connectivity index (χ1) is 22.1. The van der Waals surface area contributed by atoms with E-state index < -0.39 is 11.9 Å². The smallest absolute Gasteiger partial charge is 0.317 e. The van der Waals surface area contributed by atoms with Crippen LogP contribution in [0.4, 0.5) is 0 Å². The molecule has 0 radical (unpaired) electrons. The van der Waals surface area contributed by atoms with E-state index in [1.165, 1.54) is 49.7 Å². The molecule has 4 heteroatoms. The third-order valence-corrected chi connectivity index (χ3v) is 15.4. The Hall–Kier alpha value is -2.10. The summed E-state index contributed by atoms with van der Waals surface area (Å²) in [6, 6.07) is 0. The van der Waals surface area contributed by atoms with Gasteiger partial charge in [0.05, 0.1) is 0 Å². The fraction of sp³-hybridized carbons (Fsp3) is 0.767. The summed E-state index contributed by atoms with van der Waals surface area (Å²) >= 11 is 0. The Bertz CT molecular complexity index is 1230. The van der Waals surface area contributed by atoms with Gasteiger partial charge in [0.15, 0.2) is 0 Å². The van der Waals surface area contributed by atoms with Crippen LogP contribution in [0.2, 0.25) is 0 Å². The van der Waals surface area contributed by atoms with E-state index in [-0.39, 0.29) is 30.5 Å². The lowest BCUT2D eigenvalue weighted by Crippen LogP contribution is -2.50. The molecule has 0 aromatic rings. The summed E-state index contributed by atoms with van der Waals surface area (Å²) in [6.07, 6.45) is 24.9. The molecule has 47 heavy (non-hydrogen) atoms. The van der Waals surface area contributed by atoms with Crippen molar-refractivity contribution in [3.8, 4) is 0 Å². The van der Waals surface area contributed by atoms with Crippen LogP contribution >= 0.6 is 0 Å². The second-order valence-corrected chi connectivity index (χ2v) is 19.0. The van der Waals surface area contributed by atoms with Gasteiger partial charge in [-0.3, -0.25) is 9.59 Å². The molecule has 4 fully saturated rings. The van der Waals surface area contributed by atoms with Gasteiger partial charge in [-0.25, -0.2) is 0 Å². The molecule has 0 aromatic heterocycles. The number of carbonyl (C=O) groups excluding carboxylic acids is 2. The lowest BCUT2D eigenvalue weighted by Gasteiger charge is -2.59. The molecule has 8 unspecified atom stereocenters. The normalized spacial score (nSPS) is 41.7. The van der Waals surface area contributed by atoms with Gasteiger partial charge in [-0.05, 0) is 122 Å². The molecule has 0 aliphatic heterocycles. The van der Waals surface area contributed by atoms with E-state index in [1.807, 2.05) is 12.2 Å². The van der Waals surface area contributed by atoms with Crippen molar-refractivity contribution in [3.05, 3.63) is 48.6 Å². The summed E-state index contributed by atoms with van der Waals surface area (Å²) in [5.41, 5.74) is 4.02. The molecule has 6 aliphatic rings. The predicted octanol–water partition coefficient (Wildman–Crippen LogP) is 10.7. The van der Waals surface area contributed by atoms with Gasteiger partial charge >= 0.3 is 11.9 Å². The Morgan fingerprint density at radius 2 is 1.09 bits per heavy atom. The van der Waals surface area contributed by atoms with E-state index in [9.17, 15) is 9.59 Å². The summed E-state index contributed by atoms with van der Waals surface area (Å²) in [6.45, 7) is 23.9. The second-order valence-electron chi connectivity index (χ2n) is 19.0. The molecule has 6 rings (SSSR count). The first-order valence-corrected chi connectivity index (χ1v) is 19.1. The van der Waals surface area contributed by atoms with Crippen LogP contribution in [0.15, 0.2) is 48.6 Å². The van der Waals surface area contributed by atoms with Crippen LogP contribution in [0.5, 0.6) is 0 Å². The molecule has 8 atom stereocenters. The van der Waals surface area contributed by atoms with Crippen LogP contribution < -0.4 is 0 Å². The van der Waals surface area contributed by atoms with Gasteiger partial charge in [-0.1, -0.05) is 89.8 Å². The van der Waals surface area contributed by atoms with Crippen molar-refractivity contribution < 1.29 is 19.1 Å². The highest BCUT2D eigenvalue weighted by atomic mass is 16.6. The van der Waals surface area contributed by atoms with E-state index in [4.69, 9.17) is 9.47 Å². The maximum Gasteiger partial charge on any atom is 0.317 e. The lowest BCUT2D eigenvalue weighted by molar-refractivity contribution is -0.158. The van der Waals surface area contributed by atoms with E-state index in [1.54, 1.807) is 0 Å². The number of rotatable bonds is 8. The second kappa shape index (κ2) is 12.3. The monoisotopic (exact) mass is 644 g/mol. The first kappa shape index (κ1) is 34.8. The molecular formula is C43H64O4. The van der Waals surface area contributed by atoms with Crippen LogP contribution in [0.1, 0.15) is 138 Å². The quantitative estimate of drug-likeness (QED) is 0.150. The zero-order valence-corrected chi connectivity index (χ0v) is 30.7. The highest BCUT2D eigenvalue weighted by molar-refractivity contribution is 5.91. The van der Waals surface area contributed by atoms with Crippen LogP contribution in [-0.4, -0.2) is 25.2 Å². The Balaban J connectivity index is 1.01. The Kier molecular flexibility index (Phi) is 9.13. The van der Waals surface area contributed by atoms with Gasteiger partial charge in [0.2, 0.25) is 0 Å². The van der Waals surface area contributed by atoms with Gasteiger partial charge < -0.3 is 9.47 Å². The van der Waals surface area contributed by atoms with Crippen molar-refractivity contribution in [2.24, 2.45) is 56.2 Å². The number of allylic oxidation sites excluding steroid dienone is 4. The van der Waals surface area contributed by atoms with Crippen molar-refractivity contribution >= 4 is 11.9 Å². The number of hydrogen-bond acceptors (Lipinski definition) is 4. The van der Waals surface area contributed by atoms with Crippen LogP contribution in [-0.2, 0) is 19.1 Å². The van der Waals surface area contributed by atoms with Crippen LogP contribution in [0, 0.1) is 56.2 Å². The van der Waals surface area contributed by atoms with Gasteiger partial charge in [0.25, 0.3) is 0 Å². The highest BCUT2D eigenvalue weighted by Crippen LogP contribution is 2.65. The van der Waals surface area contributed by atoms with Gasteiger partial charge in [0.1, 0.15) is 19.6 Å². The fourth-order valence-electron chi connectivity index (χ4n) is 12.7. The molecule has 0 heterocycles. The summed E-state index contributed by atoms with van der Waals surface area (Å²) in [5.74, 6) is 1.67. The molecule has 0 aromatic carbocycles. The van der Waals surface area contributed by atoms with Crippen LogP contribution in [0.3, 0.4) is 0 Å². The summed E-state index contributed by atoms with van der Waals surface area (Å²) in [7, 11) is 0. The summed E-state index contributed by atoms with van der Waals surface area (Å²) < 4.78 is 11.6. The highest BCUT2D eigenvalue weighted by Gasteiger charge is 2.56. The summed E-state index contributed by atoms with van der Waals surface area (Å²) in [5, 5.41) is 0. The predicted molar refractivity (Wildman–Crippen MR) is 190 cm³/mol. The minimum Gasteiger partial charge on any atom is -0.464 e. The molecule has 0 bridgehead atoms. The van der Waals surface area contributed by atoms with Crippen molar-refractivity contribution in [3.63, 3.8) is 0 Å². The fourth-order valence-corrected chi connectivity index (χ4v) is 12.7. The number of hydrogen-bond donors (Lipinski definition) is 0. The lowest BCUT2D eigenvalue weighted by atomic mass is 9.46. The number of fused-ring (bicyclic) bond motifs is 6. The van der Waals surface area contributed by atoms with E-state index >= 15 is 0 Å². The number of esters is 2. The maximum absolute atomic E-state index is 13.0. The molecule has 0 spiro atoms. The van der Waals surface area contributed by atoms with E-state index in [2.05, 4.69) is 66.9 Å². The van der Waals surface area contributed by atoms with Gasteiger partial charge in [-0.15, -0.1) is 13.2 Å². The molecule has 0 saturated heterocycles. The maximum atomic E-state index is 13.0. The Morgan fingerprint density at radius 1 is 0.681 bits per heavy atom. The Labute approximate surface area is 286 Å². The molecule has 4 nitrogen and oxygen atoms in total. The standard InChI is InChI=1S/C43H64O4/c1-9-42(23-17-32-30(26-42)13-15-34-38(3,4)19-11-21-40(32,34)7)28-46-36(44)25-37(45)47-29-43(10-2)24-18-33-31(27-43)14-16-35-39(5,6)20-12-22-41(33,35)8/h9-10,13-14,32-35H,1-2,11-12,15-29H2,3-8H3. The number of carbonyl (C=O) groups is 2. The van der Waals surface area contributed by atoms with Gasteiger partial charge in [-0.2, -0.15) is 0 Å². The molecule has 0 N–H and O–H groups in total. The largest absolute Gasteiger partial charge is 0.464 e. The molecule has 0 amide bonds. The molecule has 6 aliphatic carbocycles. The van der Waals surface area contributed by atoms with Crippen molar-refractivity contribution in [1.29, 1.82) is 0 Å². The first-order valence-electron chi connectivity index (χ1n) is 19.1. The molecule has 4 saturated carbocycles. The Morgan fingerprint density at radius 3 is 1.47 bits per heavy atom. The van der Waals surface area contributed by atoms with Crippen LogP contribution in [0.25, 0.3) is 0 Å². The molecular weight excluding hydrogens is 580 g/mol. The number of ether oxygens (including phenoxy) is 2. The minimum absolute atomic E-state index is 0.266. The zero-order valence-electron chi connectivity index (χ0n) is 30.7. The van der Waals surface area contributed by atoms with Crippen molar-refractivity contribution in [1.82, 2.24) is 0 Å².